The predicted molar refractivity (Wildman–Crippen MR) is 135 cm³/mol. The average molecular weight is 551 g/mol. The number of alkyl halides is 1. The maximum absolute atomic E-state index is 15.7. The van der Waals surface area contributed by atoms with E-state index >= 15 is 4.39 Å². The smallest absolute Gasteiger partial charge is 0.309 e. The second-order valence-electron chi connectivity index (χ2n) is 9.72. The number of rotatable bonds is 11. The Hall–Kier alpha value is -3.44. The minimum Gasteiger partial charge on any atom is -0.497 e. The number of fused-ring (bicyclic) bond motifs is 1. The molecule has 0 spiro atoms. The van der Waals surface area contributed by atoms with Gasteiger partial charge in [-0.25, -0.2) is 17.6 Å². The summed E-state index contributed by atoms with van der Waals surface area (Å²) < 4.78 is 66.2. The van der Waals surface area contributed by atoms with Gasteiger partial charge in [-0.15, -0.1) is 0 Å². The van der Waals surface area contributed by atoms with E-state index in [1.807, 2.05) is 4.90 Å². The Morgan fingerprint density at radius 1 is 1.13 bits per heavy atom. The monoisotopic (exact) mass is 550 g/mol. The van der Waals surface area contributed by atoms with Crippen LogP contribution in [0, 0.1) is 22.9 Å². The summed E-state index contributed by atoms with van der Waals surface area (Å²) in [4.78, 5) is 18.5. The Bertz CT molecular complexity index is 1300. The summed E-state index contributed by atoms with van der Waals surface area (Å²) in [7, 11) is 1.49. The van der Waals surface area contributed by atoms with Gasteiger partial charge >= 0.3 is 5.97 Å². The van der Waals surface area contributed by atoms with Gasteiger partial charge in [0.05, 0.1) is 24.6 Å². The summed E-state index contributed by atoms with van der Waals surface area (Å²) in [5.41, 5.74) is 0.0407. The van der Waals surface area contributed by atoms with Crippen LogP contribution in [0.3, 0.4) is 0 Å². The molecule has 2 aromatic carbocycles. The Morgan fingerprint density at radius 3 is 2.44 bits per heavy atom. The van der Waals surface area contributed by atoms with Gasteiger partial charge in [0.1, 0.15) is 24.3 Å². The number of halogens is 4. The van der Waals surface area contributed by atoms with Crippen LogP contribution >= 0.6 is 0 Å². The molecule has 1 fully saturated rings. The number of piperidine rings is 1. The first-order valence-corrected chi connectivity index (χ1v) is 12.6. The van der Waals surface area contributed by atoms with Gasteiger partial charge in [0, 0.05) is 41.4 Å². The quantitative estimate of drug-likeness (QED) is 0.251. The average Bonchev–Trinajstić information content (AvgIpc) is 2.94. The highest BCUT2D eigenvalue weighted by atomic mass is 19.2. The molecule has 0 amide bonds. The van der Waals surface area contributed by atoms with Crippen molar-refractivity contribution in [3.63, 3.8) is 0 Å². The number of ether oxygens (including phenoxy) is 2. The number of aliphatic hydroxyl groups is 1. The largest absolute Gasteiger partial charge is 0.497 e. The molecule has 1 aliphatic heterocycles. The van der Waals surface area contributed by atoms with E-state index in [1.165, 1.54) is 13.3 Å². The van der Waals surface area contributed by atoms with Gasteiger partial charge in [0.15, 0.2) is 17.5 Å². The van der Waals surface area contributed by atoms with Crippen LogP contribution in [-0.4, -0.2) is 59.4 Å². The summed E-state index contributed by atoms with van der Waals surface area (Å²) >= 11 is 0. The van der Waals surface area contributed by atoms with E-state index in [0.717, 1.165) is 12.1 Å². The Kier molecular flexibility index (Phi) is 8.91. The van der Waals surface area contributed by atoms with Crippen molar-refractivity contribution in [2.45, 2.75) is 38.5 Å². The fraction of sp³-hybridized carbons (Fsp3) is 0.429. The molecule has 4 rings (SSSR count). The van der Waals surface area contributed by atoms with Crippen LogP contribution in [-0.2, 0) is 11.4 Å². The second kappa shape index (κ2) is 12.2. The molecule has 0 saturated carbocycles. The highest BCUT2D eigenvalue weighted by molar-refractivity contribution is 5.85. The lowest BCUT2D eigenvalue weighted by atomic mass is 9.74. The molecule has 0 bridgehead atoms. The maximum atomic E-state index is 15.7. The molecule has 0 aliphatic carbocycles. The fourth-order valence-corrected chi connectivity index (χ4v) is 5.09. The summed E-state index contributed by atoms with van der Waals surface area (Å²) in [6.07, 6.45) is 0.517. The summed E-state index contributed by atoms with van der Waals surface area (Å²) in [5.74, 6) is -4.87. The SMILES string of the molecule is COc1ccc2ncc(CO)c([C@@H](F)CCC3(C(=O)O)CCN(CCOc4cc(F)c(F)c(F)c4)CC3)c2c1. The van der Waals surface area contributed by atoms with E-state index in [0.29, 0.717) is 41.9 Å². The number of benzene rings is 2. The molecule has 2 N–H and O–H groups in total. The molecule has 1 atom stereocenters. The molecule has 7 nitrogen and oxygen atoms in total. The van der Waals surface area contributed by atoms with Crippen molar-refractivity contribution in [2.75, 3.05) is 33.4 Å². The fourth-order valence-electron chi connectivity index (χ4n) is 5.09. The van der Waals surface area contributed by atoms with Gasteiger partial charge in [-0.05, 0) is 57.0 Å². The molecule has 2 heterocycles. The van der Waals surface area contributed by atoms with E-state index in [1.54, 1.807) is 18.2 Å². The molecule has 0 unspecified atom stereocenters. The van der Waals surface area contributed by atoms with Crippen molar-refractivity contribution in [1.82, 2.24) is 9.88 Å². The lowest BCUT2D eigenvalue weighted by Gasteiger charge is -2.39. The molecule has 39 heavy (non-hydrogen) atoms. The molecular formula is C28H30F4N2O5. The van der Waals surface area contributed by atoms with Gasteiger partial charge < -0.3 is 19.7 Å². The third-order valence-electron chi connectivity index (χ3n) is 7.46. The van der Waals surface area contributed by atoms with Crippen LogP contribution in [0.25, 0.3) is 10.9 Å². The van der Waals surface area contributed by atoms with Gasteiger partial charge in [-0.2, -0.15) is 0 Å². The lowest BCUT2D eigenvalue weighted by Crippen LogP contribution is -2.45. The van der Waals surface area contributed by atoms with E-state index in [4.69, 9.17) is 9.47 Å². The third-order valence-corrected chi connectivity index (χ3v) is 7.46. The van der Waals surface area contributed by atoms with Crippen LogP contribution in [0.4, 0.5) is 17.6 Å². The van der Waals surface area contributed by atoms with Crippen molar-refractivity contribution in [3.05, 3.63) is 65.1 Å². The van der Waals surface area contributed by atoms with Crippen molar-refractivity contribution in [3.8, 4) is 11.5 Å². The van der Waals surface area contributed by atoms with Crippen LogP contribution in [0.5, 0.6) is 11.5 Å². The van der Waals surface area contributed by atoms with Crippen molar-refractivity contribution in [1.29, 1.82) is 0 Å². The van der Waals surface area contributed by atoms with Gasteiger partial charge in [0.25, 0.3) is 0 Å². The van der Waals surface area contributed by atoms with E-state index < -0.39 is 41.6 Å². The molecule has 1 saturated heterocycles. The number of carbonyl (C=O) groups is 1. The summed E-state index contributed by atoms with van der Waals surface area (Å²) in [5, 5.41) is 20.4. The first kappa shape index (κ1) is 28.6. The molecular weight excluding hydrogens is 520 g/mol. The topological polar surface area (TPSA) is 92.1 Å². The number of nitrogens with zero attached hydrogens (tertiary/aromatic N) is 2. The van der Waals surface area contributed by atoms with Crippen molar-refractivity contribution in [2.24, 2.45) is 5.41 Å². The van der Waals surface area contributed by atoms with E-state index in [9.17, 15) is 28.2 Å². The number of hydrogen-bond donors (Lipinski definition) is 2. The highest BCUT2D eigenvalue weighted by Crippen LogP contribution is 2.41. The number of aliphatic carboxylic acids is 1. The van der Waals surface area contributed by atoms with E-state index in [-0.39, 0.29) is 43.6 Å². The van der Waals surface area contributed by atoms with E-state index in [2.05, 4.69) is 4.98 Å². The second-order valence-corrected chi connectivity index (χ2v) is 9.72. The first-order valence-electron chi connectivity index (χ1n) is 12.6. The maximum Gasteiger partial charge on any atom is 0.309 e. The minimum absolute atomic E-state index is 0.0551. The third kappa shape index (κ3) is 6.25. The summed E-state index contributed by atoms with van der Waals surface area (Å²) in [6, 6.07) is 6.60. The molecule has 11 heteroatoms. The number of carboxylic acid groups (broad SMARTS) is 1. The number of likely N-dealkylation sites (tertiary alicyclic amines) is 1. The predicted octanol–water partition coefficient (Wildman–Crippen LogP) is 5.19. The number of aromatic nitrogens is 1. The van der Waals surface area contributed by atoms with Crippen molar-refractivity contribution < 1.29 is 42.0 Å². The molecule has 0 radical (unpaired) electrons. The number of hydrogen-bond acceptors (Lipinski definition) is 6. The Morgan fingerprint density at radius 2 is 1.82 bits per heavy atom. The zero-order chi connectivity index (χ0) is 28.2. The summed E-state index contributed by atoms with van der Waals surface area (Å²) in [6.45, 7) is 0.854. The molecule has 1 aliphatic rings. The first-order chi connectivity index (χ1) is 18.7. The number of pyridine rings is 1. The number of methoxy groups -OCH3 is 1. The van der Waals surface area contributed by atoms with Gasteiger partial charge in [0.2, 0.25) is 0 Å². The minimum atomic E-state index is -1.57. The Balaban J connectivity index is 1.38. The number of aliphatic hydroxyl groups excluding tert-OH is 1. The lowest BCUT2D eigenvalue weighted by molar-refractivity contribution is -0.153. The molecule has 210 valence electrons. The standard InChI is InChI=1S/C28H30F4N2O5/c1-38-18-2-3-24-20(12-18)25(17(16-35)15-33-24)21(29)4-5-28(27(36)37)6-8-34(9-7-28)10-11-39-19-13-22(30)26(32)23(31)14-19/h2-3,12-15,21,35H,4-11,16H2,1H3,(H,36,37)/t21-/m0/s1. The number of carboxylic acids is 1. The zero-order valence-electron chi connectivity index (χ0n) is 21.4. The molecule has 3 aromatic rings. The van der Waals surface area contributed by atoms with Gasteiger partial charge in [-0.3, -0.25) is 14.7 Å². The highest BCUT2D eigenvalue weighted by Gasteiger charge is 2.41. The van der Waals surface area contributed by atoms with Crippen LogP contribution in [0.1, 0.15) is 43.0 Å². The van der Waals surface area contributed by atoms with Crippen molar-refractivity contribution >= 4 is 16.9 Å². The molecule has 1 aromatic heterocycles. The van der Waals surface area contributed by atoms with Crippen LogP contribution in [0.2, 0.25) is 0 Å². The van der Waals surface area contributed by atoms with Gasteiger partial charge in [-0.1, -0.05) is 0 Å². The normalized spacial score (nSPS) is 16.3. The zero-order valence-corrected chi connectivity index (χ0v) is 21.4. The van der Waals surface area contributed by atoms with Crippen LogP contribution in [0.15, 0.2) is 36.5 Å². The Labute approximate surface area is 223 Å². The van der Waals surface area contributed by atoms with Crippen LogP contribution < -0.4 is 9.47 Å².